The molecule has 2 aromatic carbocycles. The topological polar surface area (TPSA) is 658 Å². The van der Waals surface area contributed by atoms with Crippen LogP contribution < -0.4 is 98.2 Å². The number of rotatable bonds is 49. The lowest BCUT2D eigenvalue weighted by atomic mass is 10.0. The van der Waals surface area contributed by atoms with Gasteiger partial charge in [0.1, 0.15) is 72.6 Å². The molecule has 2 fully saturated rings. The lowest BCUT2D eigenvalue weighted by molar-refractivity contribution is -0.143. The maximum absolute atomic E-state index is 16.2. The maximum Gasteiger partial charge on any atom is 0.290 e. The number of aliphatic hydroxyl groups excluding tert-OH is 2. The Morgan fingerprint density at radius 1 is 0.579 bits per heavy atom. The molecule has 0 bridgehead atoms. The number of H-pyrrole nitrogens is 1. The number of para-hydroxylation sites is 1. The number of nitrogens with zero attached hydrogens (tertiary/aromatic N) is 3. The van der Waals surface area contributed by atoms with Crippen LogP contribution in [0.2, 0.25) is 0 Å². The Labute approximate surface area is 733 Å². The minimum Gasteiger partial charge on any atom is -0.394 e. The first kappa shape index (κ1) is 105. The maximum atomic E-state index is 16.2. The molecule has 0 saturated carbocycles. The van der Waals surface area contributed by atoms with Crippen molar-refractivity contribution in [1.82, 2.24) is 73.7 Å². The van der Waals surface area contributed by atoms with E-state index in [2.05, 4.69) is 80.4 Å². The van der Waals surface area contributed by atoms with Crippen LogP contribution in [-0.2, 0) is 89.6 Å². The number of guanidine groups is 2. The summed E-state index contributed by atoms with van der Waals surface area (Å²) in [7, 11) is 0. The highest BCUT2D eigenvalue weighted by atomic mass is 19.1. The van der Waals surface area contributed by atoms with Gasteiger partial charge in [-0.05, 0) is 94.7 Å². The third-order valence-corrected chi connectivity index (χ3v) is 21.7. The Morgan fingerprint density at radius 3 is 1.77 bits per heavy atom. The summed E-state index contributed by atoms with van der Waals surface area (Å²) in [6, 6.07) is -3.07. The Balaban J connectivity index is 1.38. The number of carbonyl (C=O) groups excluding carboxylic acids is 16. The zero-order valence-corrected chi connectivity index (χ0v) is 72.6. The molecule has 2 unspecified atom stereocenters. The van der Waals surface area contributed by atoms with Crippen LogP contribution in [0.5, 0.6) is 0 Å². The number of aliphatic hydroxyl groups is 2. The Bertz CT molecular complexity index is 4140. The predicted octanol–water partition coefficient (Wildman–Crippen LogP) is -1.59. The van der Waals surface area contributed by atoms with Crippen LogP contribution in [0.1, 0.15) is 218 Å². The lowest BCUT2D eigenvalue weighted by Gasteiger charge is -2.31. The van der Waals surface area contributed by atoms with Gasteiger partial charge in [-0.1, -0.05) is 152 Å². The van der Waals surface area contributed by atoms with Gasteiger partial charge in [-0.3, -0.25) is 86.7 Å². The fraction of sp³-hybridized carbons (Fsp3) is 0.624. The van der Waals surface area contributed by atoms with Crippen LogP contribution in [0.25, 0.3) is 10.9 Å². The number of amides is 15. The van der Waals surface area contributed by atoms with Crippen molar-refractivity contribution >= 4 is 117 Å². The average Bonchev–Trinajstić information content (AvgIpc) is 1.66. The number of nitrogens with two attached hydrogens (primary N) is 6. The van der Waals surface area contributed by atoms with Crippen molar-refractivity contribution in [2.24, 2.45) is 44.4 Å². The molecule has 126 heavy (non-hydrogen) atoms. The van der Waals surface area contributed by atoms with Crippen LogP contribution in [0, 0.1) is 0 Å². The van der Waals surface area contributed by atoms with Gasteiger partial charge < -0.3 is 118 Å². The molecule has 40 nitrogen and oxygen atoms in total. The number of aromatic nitrogens is 1. The molecule has 2 saturated heterocycles. The van der Waals surface area contributed by atoms with Gasteiger partial charge in [0.15, 0.2) is 11.9 Å². The van der Waals surface area contributed by atoms with Crippen molar-refractivity contribution in [3.63, 3.8) is 0 Å². The summed E-state index contributed by atoms with van der Waals surface area (Å²) in [6.45, 7) is 2.31. The standard InChI is InChI=1S/C85H133FN22O18/c1-4-6-8-9-10-11-12-13-14-15-16-17-21-37-69(113)97-48-67(111)81(124)106-65(50-109)79(122)104-64(46-68(87)112)78(121)99-59(35-25-27-41-94-84(89)90)75(118)107-71(51(3)110)82(125)101-58(32-7-5-2)73(116)102-61-38-39-70(114)93-40-26-24-34-57(72(88)115)98-77(120)63(44-53-47-96-56-33-23-22-31-55(53)56)103-74(117)60(36-28-42-95-85(91)92)100-76(119)62(43-52-29-19-18-20-30-52)105-80(123)66-45-54(86)49-108(66)83(61)126/h18-20,22-23,29-31,33,47,51,54,57-66,71,96,109-110H,4-17,21,24-28,32,34-46,48-50H2,1-3H3,(H2,87,112)(H2,88,115)(H,93,114)(H,97,113)(H,98,120)(H,99,121)(H,100,119)(H,101,125)(H,102,116)(H,103,117)(H,104,122)(H,105,123)(H,106,124)(H,107,118)(H4,89,90,94)(H4,91,92,95)/t51?,54?,57-,58-,59-,60-,61-,62+,63-,64-,65-,66-,71-/m0/s1. The molecule has 3 aromatic rings. The minimum absolute atomic E-state index is 0.0171. The number of halogens is 1. The van der Waals surface area contributed by atoms with Crippen LogP contribution >= 0.6 is 0 Å². The van der Waals surface area contributed by atoms with Gasteiger partial charge in [0, 0.05) is 68.8 Å². The van der Waals surface area contributed by atoms with Gasteiger partial charge in [-0.15, -0.1) is 0 Å². The second kappa shape index (κ2) is 56.9. The van der Waals surface area contributed by atoms with Crippen molar-refractivity contribution in [3.05, 3.63) is 71.9 Å². The molecule has 41 heteroatoms. The van der Waals surface area contributed by atoms with E-state index < -0.39 is 219 Å². The van der Waals surface area contributed by atoms with Gasteiger partial charge in [0.2, 0.25) is 88.5 Å². The molecule has 15 amide bonds. The predicted molar refractivity (Wildman–Crippen MR) is 467 cm³/mol. The molecular formula is C85H133FN22O18. The number of aliphatic imine (C=N–C) groups is 2. The number of benzene rings is 2. The van der Waals surface area contributed by atoms with E-state index in [9.17, 15) is 82.1 Å². The number of hydrogen-bond acceptors (Lipinski definition) is 20. The van der Waals surface area contributed by atoms with Gasteiger partial charge >= 0.3 is 0 Å². The molecule has 27 N–H and O–H groups in total. The molecule has 698 valence electrons. The zero-order valence-electron chi connectivity index (χ0n) is 72.6. The Kier molecular flexibility index (Phi) is 47.2. The molecular weight excluding hydrogens is 1640 g/mol. The number of carbonyl (C=O) groups is 16. The Hall–Kier alpha value is -11.9. The summed E-state index contributed by atoms with van der Waals surface area (Å²) in [6.07, 6.45) is 9.73. The first-order chi connectivity index (χ1) is 60.2. The highest BCUT2D eigenvalue weighted by Crippen LogP contribution is 2.25. The smallest absolute Gasteiger partial charge is 0.290 e. The monoisotopic (exact) mass is 1770 g/mol. The summed E-state index contributed by atoms with van der Waals surface area (Å²) in [4.78, 5) is 237. The molecule has 0 aliphatic carbocycles. The largest absolute Gasteiger partial charge is 0.394 e. The summed E-state index contributed by atoms with van der Waals surface area (Å²) in [5, 5.41) is 52.1. The number of alkyl halides is 1. The molecule has 5 rings (SSSR count). The summed E-state index contributed by atoms with van der Waals surface area (Å²) in [5.74, 6) is -17.3. The minimum atomic E-state index is -1.98. The van der Waals surface area contributed by atoms with Crippen molar-refractivity contribution < 1.29 is 91.3 Å². The fourth-order valence-electron chi connectivity index (χ4n) is 14.6. The summed E-state index contributed by atoms with van der Waals surface area (Å²) in [5.41, 5.74) is 35.5. The third-order valence-electron chi connectivity index (χ3n) is 21.7. The second-order valence-corrected chi connectivity index (χ2v) is 32.1. The molecule has 1 aromatic heterocycles. The first-order valence-corrected chi connectivity index (χ1v) is 43.8. The number of unbranched alkanes of at least 4 members (excludes halogenated alkanes) is 14. The molecule has 13 atom stereocenters. The van der Waals surface area contributed by atoms with Crippen LogP contribution in [-0.4, -0.2) is 244 Å². The second-order valence-electron chi connectivity index (χ2n) is 32.1. The molecule has 2 aliphatic rings. The Morgan fingerprint density at radius 2 is 1.13 bits per heavy atom. The van der Waals surface area contributed by atoms with E-state index in [-0.39, 0.29) is 115 Å². The normalized spacial score (nSPS) is 19.5. The van der Waals surface area contributed by atoms with Crippen molar-refractivity contribution in [2.45, 2.75) is 299 Å². The lowest BCUT2D eigenvalue weighted by Crippen LogP contribution is -2.62. The van der Waals surface area contributed by atoms with Crippen molar-refractivity contribution in [2.75, 3.05) is 39.3 Å². The zero-order chi connectivity index (χ0) is 92.6. The van der Waals surface area contributed by atoms with Crippen molar-refractivity contribution in [3.8, 4) is 0 Å². The number of Topliss-reactive ketones (excluding diaryl/α,β-unsaturated/α-hetero) is 1. The van der Waals surface area contributed by atoms with Crippen LogP contribution in [0.3, 0.4) is 0 Å². The first-order valence-electron chi connectivity index (χ1n) is 43.8. The van der Waals surface area contributed by atoms with Gasteiger partial charge in [-0.2, -0.15) is 0 Å². The molecule has 0 radical (unpaired) electrons. The van der Waals surface area contributed by atoms with E-state index in [0.29, 0.717) is 34.9 Å². The molecule has 0 spiro atoms. The number of nitrogens with one attached hydrogen (secondary N) is 13. The third kappa shape index (κ3) is 38.3. The molecule has 3 heterocycles. The van der Waals surface area contributed by atoms with Crippen LogP contribution in [0.4, 0.5) is 4.39 Å². The van der Waals surface area contributed by atoms with E-state index in [4.69, 9.17) is 34.4 Å². The van der Waals surface area contributed by atoms with Crippen molar-refractivity contribution in [1.29, 1.82) is 0 Å². The van der Waals surface area contributed by atoms with E-state index in [1.165, 1.54) is 44.9 Å². The average molecular weight is 1770 g/mol. The fourth-order valence-corrected chi connectivity index (χ4v) is 14.6. The molecule has 2 aliphatic heterocycles. The van der Waals surface area contributed by atoms with E-state index in [1.54, 1.807) is 67.7 Å². The van der Waals surface area contributed by atoms with Gasteiger partial charge in [0.05, 0.1) is 32.2 Å². The van der Waals surface area contributed by atoms with Crippen LogP contribution in [0.15, 0.2) is 70.8 Å². The van der Waals surface area contributed by atoms with Gasteiger partial charge in [0.25, 0.3) is 5.91 Å². The number of hydrogen-bond donors (Lipinski definition) is 21. The SMILES string of the molecule is CCCCCCCCCCCCCCCC(=O)NCC(=O)C(=O)N[C@@H](CO)C(=O)N[C@@H](CC(N)=O)C(=O)N[C@@H](CCCCN=C(N)N)C(=O)N[C@H](C(=O)N[C@@H](CCCC)C(=O)N[C@H]1CCC(=O)NCCCC[C@@H](C(N)=O)NC(=O)[C@H](Cc2c[nH]c3ccccc23)NC(=O)[C@H](CCCN=C(N)N)NC(=O)[C@@H](Cc2ccccc2)NC(=O)[C@@H]2CC(F)CN2C1=O)C(C)O. The highest BCUT2D eigenvalue weighted by Gasteiger charge is 2.45. The van der Waals surface area contributed by atoms with E-state index >= 15 is 9.18 Å². The highest BCUT2D eigenvalue weighted by molar-refractivity contribution is 6.37. The number of fused-ring (bicyclic) bond motifs is 2. The quantitative estimate of drug-likeness (QED) is 0.0131. The van der Waals surface area contributed by atoms with Gasteiger partial charge in [-0.25, -0.2) is 4.39 Å². The number of primary amides is 2. The summed E-state index contributed by atoms with van der Waals surface area (Å²) < 4.78 is 16.2. The summed E-state index contributed by atoms with van der Waals surface area (Å²) >= 11 is 0. The van der Waals surface area contributed by atoms with E-state index in [1.807, 2.05) is 5.32 Å². The van der Waals surface area contributed by atoms with E-state index in [0.717, 1.165) is 43.9 Å². The number of aromatic amines is 1. The number of ketones is 1.